The second-order valence-corrected chi connectivity index (χ2v) is 26.6. The van der Waals surface area contributed by atoms with Gasteiger partial charge in [-0.25, -0.2) is 0 Å². The van der Waals surface area contributed by atoms with Crippen LogP contribution in [0.2, 0.25) is 0 Å². The Kier molecular flexibility index (Phi) is 18.5. The maximum atomic E-state index is 5.94. The van der Waals surface area contributed by atoms with Gasteiger partial charge in [0.2, 0.25) is 0 Å². The molecule has 20 rings (SSSR count). The van der Waals surface area contributed by atoms with E-state index in [9.17, 15) is 0 Å². The number of hydrogen-bond donors (Lipinski definition) is 2. The number of aromatic nitrogens is 2. The van der Waals surface area contributed by atoms with Crippen molar-refractivity contribution in [3.63, 3.8) is 0 Å². The van der Waals surface area contributed by atoms with Crippen LogP contribution in [-0.2, 0) is 0 Å². The Morgan fingerprint density at radius 3 is 0.923 bits per heavy atom. The third-order valence-electron chi connectivity index (χ3n) is 20.0. The topological polar surface area (TPSA) is 47.9 Å². The fraction of sp³-hybridized carbons (Fsp3) is 0.0303. The lowest BCUT2D eigenvalue weighted by atomic mass is 9.89. The molecule has 0 atom stereocenters. The molecule has 18 aromatic carbocycles. The molecule has 0 spiro atoms. The van der Waals surface area contributed by atoms with Crippen LogP contribution in [0.3, 0.4) is 0 Å². The highest BCUT2D eigenvalue weighted by Gasteiger charge is 2.20. The smallest absolute Gasteiger partial charge is 0.0544 e. The minimum absolute atomic E-state index is 0. The maximum Gasteiger partial charge on any atom is 0.0544 e. The van der Waals surface area contributed by atoms with Crippen LogP contribution in [0.15, 0.2) is 381 Å². The molecule has 5 heteroatoms. The zero-order valence-corrected chi connectivity index (χ0v) is 56.7. The molecule has 0 fully saturated rings. The number of nitrogen functional groups attached to an aromatic ring is 1. The number of nitrogens with one attached hydrogen (secondary N) is 1. The van der Waals surface area contributed by atoms with Crippen LogP contribution in [0.5, 0.6) is 0 Å². The van der Waals surface area contributed by atoms with E-state index in [0.717, 1.165) is 32.9 Å². The van der Waals surface area contributed by atoms with E-state index in [1.165, 1.54) is 153 Å². The third kappa shape index (κ3) is 11.9. The summed E-state index contributed by atoms with van der Waals surface area (Å²) in [6.45, 7) is 0. The molecule has 500 valence electrons. The normalized spacial score (nSPS) is 11.1. The first-order valence-electron chi connectivity index (χ1n) is 34.4. The lowest BCUT2D eigenvalue weighted by Crippen LogP contribution is -1.98. The Bertz CT molecular complexity index is 6350. The highest BCUT2D eigenvalue weighted by atomic mass is 79.9. The quantitative estimate of drug-likeness (QED) is 0.118. The van der Waals surface area contributed by atoms with Crippen LogP contribution in [0, 0.1) is 0 Å². The molecule has 20 aromatic rings. The lowest BCUT2D eigenvalue weighted by Gasteiger charge is -2.19. The minimum Gasteiger partial charge on any atom is -0.399 e. The maximum absolute atomic E-state index is 5.94. The number of rotatable bonds is 8. The van der Waals surface area contributed by atoms with Gasteiger partial charge in [-0.05, 0) is 175 Å². The molecular formula is C99H77BrN4. The lowest BCUT2D eigenvalue weighted by molar-refractivity contribution is 1.18. The molecule has 0 saturated carbocycles. The molecule has 0 amide bonds. The second kappa shape index (κ2) is 28.7. The van der Waals surface area contributed by atoms with Gasteiger partial charge in [-0.15, -0.1) is 0 Å². The Morgan fingerprint density at radius 1 is 0.240 bits per heavy atom. The van der Waals surface area contributed by atoms with E-state index in [-0.39, 0.29) is 22.3 Å². The van der Waals surface area contributed by atoms with Crippen molar-refractivity contribution < 1.29 is 0 Å². The highest BCUT2D eigenvalue weighted by molar-refractivity contribution is 9.10. The van der Waals surface area contributed by atoms with E-state index in [1.807, 2.05) is 18.2 Å². The van der Waals surface area contributed by atoms with Gasteiger partial charge in [-0.3, -0.25) is 0 Å². The molecule has 0 saturated heterocycles. The van der Waals surface area contributed by atoms with Gasteiger partial charge in [-0.2, -0.15) is 0 Å². The summed E-state index contributed by atoms with van der Waals surface area (Å²) in [7, 11) is 0. The Balaban J connectivity index is 0.000000137. The van der Waals surface area contributed by atoms with E-state index in [2.05, 4.69) is 388 Å². The predicted octanol–water partition coefficient (Wildman–Crippen LogP) is 28.8. The summed E-state index contributed by atoms with van der Waals surface area (Å²) in [4.78, 5) is 0. The molecule has 0 aliphatic carbocycles. The van der Waals surface area contributed by atoms with Crippen molar-refractivity contribution in [3.05, 3.63) is 381 Å². The molecule has 2 heterocycles. The highest BCUT2D eigenvalue weighted by Crippen LogP contribution is 2.46. The van der Waals surface area contributed by atoms with Crippen molar-refractivity contribution in [2.45, 2.75) is 22.3 Å². The Hall–Kier alpha value is -12.8. The molecule has 0 aliphatic heterocycles. The summed E-state index contributed by atoms with van der Waals surface area (Å²) in [5.74, 6) is 0. The van der Waals surface area contributed by atoms with Gasteiger partial charge in [-0.1, -0.05) is 338 Å². The number of nitrogens with zero attached hydrogens (tertiary/aromatic N) is 2. The molecule has 0 bridgehead atoms. The summed E-state index contributed by atoms with van der Waals surface area (Å²) in [5.41, 5.74) is 25.9. The molecule has 2 aromatic heterocycles. The van der Waals surface area contributed by atoms with Gasteiger partial charge in [0.05, 0.1) is 27.8 Å². The van der Waals surface area contributed by atoms with E-state index in [0.29, 0.717) is 0 Å². The SMILES string of the molecule is Brc1c2ccccc2c(-c2ccc(-c3cccc4ccccc34)cc2)c2ccccc12.C.C.C.Nc1cccc(-n2c3ccccc3c3ccccc32)c1.c1cc(Nc2c3ccccc3c(-c3ccc(-c4cccc5ccccc45)cc3)c3ccccc23)cc(-n2c3ccccc3c3ccccc32)c1. The van der Waals surface area contributed by atoms with Crippen molar-refractivity contribution in [1.82, 2.24) is 9.13 Å². The van der Waals surface area contributed by atoms with E-state index >= 15 is 0 Å². The zero-order valence-electron chi connectivity index (χ0n) is 55.1. The fourth-order valence-corrected chi connectivity index (χ4v) is 16.2. The number of nitrogens with two attached hydrogens (primary N) is 1. The number of fused-ring (bicyclic) bond motifs is 12. The van der Waals surface area contributed by atoms with Gasteiger partial charge in [0.25, 0.3) is 0 Å². The van der Waals surface area contributed by atoms with Gasteiger partial charge in [0.15, 0.2) is 0 Å². The Labute approximate surface area is 615 Å². The van der Waals surface area contributed by atoms with Crippen LogP contribution >= 0.6 is 15.9 Å². The van der Waals surface area contributed by atoms with Crippen LogP contribution in [0.25, 0.3) is 164 Å². The molecule has 104 heavy (non-hydrogen) atoms. The number of benzene rings is 18. The van der Waals surface area contributed by atoms with Crippen molar-refractivity contribution in [3.8, 4) is 55.9 Å². The molecule has 4 nitrogen and oxygen atoms in total. The molecule has 0 aliphatic rings. The summed E-state index contributed by atoms with van der Waals surface area (Å²) in [5, 5.41) is 23.9. The minimum atomic E-state index is 0. The summed E-state index contributed by atoms with van der Waals surface area (Å²) >= 11 is 3.85. The third-order valence-corrected chi connectivity index (χ3v) is 20.9. The van der Waals surface area contributed by atoms with E-state index < -0.39 is 0 Å². The number of anilines is 3. The van der Waals surface area contributed by atoms with Crippen molar-refractivity contribution >= 4 is 141 Å². The summed E-state index contributed by atoms with van der Waals surface area (Å²) < 4.78 is 5.80. The van der Waals surface area contributed by atoms with E-state index in [1.54, 1.807) is 0 Å². The first-order valence-corrected chi connectivity index (χ1v) is 35.2. The fourth-order valence-electron chi connectivity index (χ4n) is 15.5. The van der Waals surface area contributed by atoms with E-state index in [4.69, 9.17) is 5.73 Å². The molecule has 3 N–H and O–H groups in total. The van der Waals surface area contributed by atoms with Gasteiger partial charge in [0.1, 0.15) is 0 Å². The van der Waals surface area contributed by atoms with Crippen molar-refractivity contribution in [2.75, 3.05) is 11.1 Å². The van der Waals surface area contributed by atoms with Crippen LogP contribution in [0.4, 0.5) is 17.1 Å². The van der Waals surface area contributed by atoms with Gasteiger partial charge in [0, 0.05) is 59.5 Å². The summed E-state index contributed by atoms with van der Waals surface area (Å²) in [6, 6.07) is 134. The first-order chi connectivity index (χ1) is 50.0. The summed E-state index contributed by atoms with van der Waals surface area (Å²) in [6.07, 6.45) is 0. The van der Waals surface area contributed by atoms with Crippen LogP contribution < -0.4 is 11.1 Å². The monoisotopic (exact) mass is 1400 g/mol. The number of halogens is 1. The standard InChI is InChI=1S/C48H32N2.C30H19Br.C18H14N2.3CH4/c1-2-17-37-32(13-1)14-11-24-38(37)33-27-29-34(30-28-33)47-41-20-3-5-22-43(41)48(44-23-6-4-21-42(44)47)49-35-15-12-16-36(31-35)50-45-25-9-7-18-39(45)40-19-8-10-26-46(40)50;31-30-27-13-5-3-11-25(27)29(26-12-4-6-14-28(26)30)22-18-16-21(17-19-22)24-15-7-9-20-8-1-2-10-23(20)24;19-13-6-5-7-14(12-13)20-17-10-3-1-8-15(17)16-9-2-4-11-18(16)20;;;/h1-31,49H;1-19H;1-12H,19H2;3*1H4. The first kappa shape index (κ1) is 67.0. The van der Waals surface area contributed by atoms with Crippen LogP contribution in [-0.4, -0.2) is 9.13 Å². The number of para-hydroxylation sites is 4. The van der Waals surface area contributed by atoms with Gasteiger partial charge >= 0.3 is 0 Å². The number of hydrogen-bond acceptors (Lipinski definition) is 2. The van der Waals surface area contributed by atoms with Gasteiger partial charge < -0.3 is 20.2 Å². The van der Waals surface area contributed by atoms with Crippen LogP contribution in [0.1, 0.15) is 22.3 Å². The zero-order chi connectivity index (χ0) is 67.3. The second-order valence-electron chi connectivity index (χ2n) is 25.8. The molecule has 0 radical (unpaired) electrons. The average molecular weight is 1400 g/mol. The average Bonchev–Trinajstić information content (AvgIpc) is 1.56. The van der Waals surface area contributed by atoms with Crippen molar-refractivity contribution in [1.29, 1.82) is 0 Å². The molecular weight excluding hydrogens is 1330 g/mol. The van der Waals surface area contributed by atoms with Crippen molar-refractivity contribution in [2.24, 2.45) is 0 Å². The predicted molar refractivity (Wildman–Crippen MR) is 457 cm³/mol. The largest absolute Gasteiger partial charge is 0.399 e. The Morgan fingerprint density at radius 2 is 0.529 bits per heavy atom. The molecule has 0 unspecified atom stereocenters.